The fraction of sp³-hybridized carbons (Fsp3) is 0.435. The zero-order chi connectivity index (χ0) is 22.9. The monoisotopic (exact) mass is 470 g/mol. The molecule has 0 amide bonds. The summed E-state index contributed by atoms with van der Waals surface area (Å²) in [6, 6.07) is 6.09. The Labute approximate surface area is 194 Å². The quantitative estimate of drug-likeness (QED) is 0.549. The van der Waals surface area contributed by atoms with Gasteiger partial charge in [-0.1, -0.05) is 6.07 Å². The predicted molar refractivity (Wildman–Crippen MR) is 124 cm³/mol. The highest BCUT2D eigenvalue weighted by atomic mass is 32.1. The van der Waals surface area contributed by atoms with Crippen molar-refractivity contribution < 1.29 is 19.0 Å². The lowest BCUT2D eigenvalue weighted by Crippen LogP contribution is -2.45. The average molecular weight is 471 g/mol. The average Bonchev–Trinajstić information content (AvgIpc) is 3.39. The smallest absolute Gasteiger partial charge is 0.348 e. The lowest BCUT2D eigenvalue weighted by Gasteiger charge is -2.34. The fourth-order valence-corrected chi connectivity index (χ4v) is 5.36. The Hall–Kier alpha value is -2.95. The highest BCUT2D eigenvalue weighted by Gasteiger charge is 2.22. The zero-order valence-electron chi connectivity index (χ0n) is 18.7. The Morgan fingerprint density at radius 1 is 1.15 bits per heavy atom. The molecule has 0 spiro atoms. The molecule has 5 rings (SSSR count). The highest BCUT2D eigenvalue weighted by Crippen LogP contribution is 2.33. The van der Waals surface area contributed by atoms with E-state index in [0.717, 1.165) is 44.2 Å². The normalized spacial score (nSPS) is 16.4. The molecular weight excluding hydrogens is 444 g/mol. The minimum atomic E-state index is -0.405. The largest absolute Gasteiger partial charge is 0.462 e. The molecule has 2 aliphatic rings. The summed E-state index contributed by atoms with van der Waals surface area (Å²) in [5, 5.41) is 0.473. The third-order valence-electron chi connectivity index (χ3n) is 5.99. The number of aryl methyl sites for hydroxylation is 1. The van der Waals surface area contributed by atoms with Gasteiger partial charge >= 0.3 is 5.97 Å². The third kappa shape index (κ3) is 4.46. The van der Waals surface area contributed by atoms with E-state index in [-0.39, 0.29) is 12.4 Å². The number of carbonyl (C=O) groups excluding carboxylic acids is 1. The number of thiophene rings is 1. The molecule has 0 atom stereocenters. The van der Waals surface area contributed by atoms with Crippen LogP contribution >= 0.6 is 11.3 Å². The number of piperazine rings is 1. The number of fused-ring (bicyclic) bond motifs is 2. The Morgan fingerprint density at radius 2 is 1.88 bits per heavy atom. The first-order valence-corrected chi connectivity index (χ1v) is 11.9. The third-order valence-corrected chi connectivity index (χ3v) is 7.16. The first kappa shape index (κ1) is 21.9. The standard InChI is InChI=1S/C23H26N4O5S/c1-3-30-23(29)20-14(2)19-21(28)24-18(25-22(19)33-20)12-27-8-6-26(7-9-27)11-15-4-5-16-17(10-15)32-13-31-16/h4-5,10H,3,6-9,11-13H2,1-2H3,(H,24,25,28). The number of esters is 1. The van der Waals surface area contributed by atoms with Crippen molar-refractivity contribution in [3.8, 4) is 11.5 Å². The molecule has 2 aromatic heterocycles. The molecule has 1 fully saturated rings. The molecule has 0 bridgehead atoms. The van der Waals surface area contributed by atoms with E-state index < -0.39 is 5.97 Å². The molecule has 2 aliphatic heterocycles. The van der Waals surface area contributed by atoms with Crippen molar-refractivity contribution in [1.29, 1.82) is 0 Å². The fourth-order valence-electron chi connectivity index (χ4n) is 4.27. The second-order valence-corrected chi connectivity index (χ2v) is 9.21. The van der Waals surface area contributed by atoms with Gasteiger partial charge in [0.05, 0.1) is 18.5 Å². The van der Waals surface area contributed by atoms with Gasteiger partial charge in [-0.2, -0.15) is 0 Å². The number of nitrogens with one attached hydrogen (secondary N) is 1. The Morgan fingerprint density at radius 3 is 2.64 bits per heavy atom. The summed E-state index contributed by atoms with van der Waals surface area (Å²) in [6.45, 7) is 9.13. The first-order chi connectivity index (χ1) is 16.0. The van der Waals surface area contributed by atoms with Gasteiger partial charge in [-0.15, -0.1) is 11.3 Å². The van der Waals surface area contributed by atoms with Crippen LogP contribution in [0, 0.1) is 6.92 Å². The Bertz CT molecular complexity index is 1250. The van der Waals surface area contributed by atoms with Crippen molar-refractivity contribution in [2.45, 2.75) is 26.9 Å². The van der Waals surface area contributed by atoms with Gasteiger partial charge in [-0.25, -0.2) is 9.78 Å². The number of ether oxygens (including phenoxy) is 3. The maximum Gasteiger partial charge on any atom is 0.348 e. The molecule has 174 valence electrons. The highest BCUT2D eigenvalue weighted by molar-refractivity contribution is 7.20. The summed E-state index contributed by atoms with van der Waals surface area (Å²) in [4.78, 5) is 38.2. The van der Waals surface area contributed by atoms with Crippen LogP contribution in [0.5, 0.6) is 11.5 Å². The number of H-pyrrole nitrogens is 1. The molecule has 0 unspecified atom stereocenters. The second kappa shape index (κ2) is 9.12. The molecule has 0 radical (unpaired) electrons. The van der Waals surface area contributed by atoms with Gasteiger partial charge in [0.15, 0.2) is 11.5 Å². The van der Waals surface area contributed by atoms with E-state index in [1.165, 1.54) is 16.9 Å². The number of benzene rings is 1. The topological polar surface area (TPSA) is 97.0 Å². The lowest BCUT2D eigenvalue weighted by molar-refractivity contribution is 0.0531. The molecule has 1 saturated heterocycles. The summed E-state index contributed by atoms with van der Waals surface area (Å²) >= 11 is 1.22. The van der Waals surface area contributed by atoms with Crippen molar-refractivity contribution in [2.24, 2.45) is 0 Å². The van der Waals surface area contributed by atoms with Crippen LogP contribution in [-0.2, 0) is 17.8 Å². The van der Waals surface area contributed by atoms with E-state index in [9.17, 15) is 9.59 Å². The van der Waals surface area contributed by atoms with E-state index in [0.29, 0.717) is 39.6 Å². The zero-order valence-corrected chi connectivity index (χ0v) is 19.5. The van der Waals surface area contributed by atoms with Crippen molar-refractivity contribution >= 4 is 27.5 Å². The summed E-state index contributed by atoms with van der Waals surface area (Å²) in [5.41, 5.74) is 1.63. The Kier molecular flexibility index (Phi) is 6.05. The van der Waals surface area contributed by atoms with Crippen LogP contribution in [-0.4, -0.2) is 65.3 Å². The molecule has 9 nitrogen and oxygen atoms in total. The van der Waals surface area contributed by atoms with Crippen LogP contribution in [0.25, 0.3) is 10.2 Å². The second-order valence-electron chi connectivity index (χ2n) is 8.21. The van der Waals surface area contributed by atoms with E-state index in [2.05, 4.69) is 25.8 Å². The van der Waals surface area contributed by atoms with Gasteiger partial charge in [0.2, 0.25) is 6.79 Å². The van der Waals surface area contributed by atoms with Gasteiger partial charge in [-0.3, -0.25) is 14.6 Å². The van der Waals surface area contributed by atoms with Crippen molar-refractivity contribution in [3.63, 3.8) is 0 Å². The van der Waals surface area contributed by atoms with Gasteiger partial charge in [0.1, 0.15) is 15.5 Å². The molecule has 3 aromatic rings. The van der Waals surface area contributed by atoms with Crippen LogP contribution in [0.3, 0.4) is 0 Å². The van der Waals surface area contributed by atoms with Gasteiger partial charge in [0, 0.05) is 32.7 Å². The lowest BCUT2D eigenvalue weighted by atomic mass is 10.1. The van der Waals surface area contributed by atoms with Gasteiger partial charge in [0.25, 0.3) is 5.56 Å². The summed E-state index contributed by atoms with van der Waals surface area (Å²) < 4.78 is 16.0. The van der Waals surface area contributed by atoms with E-state index in [1.807, 2.05) is 12.1 Å². The van der Waals surface area contributed by atoms with Crippen molar-refractivity contribution in [3.05, 3.63) is 50.4 Å². The SMILES string of the molecule is CCOC(=O)c1sc2nc(CN3CCN(Cc4ccc5c(c4)OCO5)CC3)[nH]c(=O)c2c1C. The predicted octanol–water partition coefficient (Wildman–Crippen LogP) is 2.52. The van der Waals surface area contributed by atoms with E-state index in [4.69, 9.17) is 14.2 Å². The first-order valence-electron chi connectivity index (χ1n) is 11.0. The minimum Gasteiger partial charge on any atom is -0.462 e. The maximum absolute atomic E-state index is 12.7. The molecule has 10 heteroatoms. The van der Waals surface area contributed by atoms with Crippen LogP contribution in [0.2, 0.25) is 0 Å². The minimum absolute atomic E-state index is 0.208. The van der Waals surface area contributed by atoms with Crippen LogP contribution < -0.4 is 15.0 Å². The number of carbonyl (C=O) groups is 1. The van der Waals surface area contributed by atoms with Crippen molar-refractivity contribution in [2.75, 3.05) is 39.6 Å². The number of rotatable bonds is 6. The molecular formula is C23H26N4O5S. The van der Waals surface area contributed by atoms with Crippen LogP contribution in [0.1, 0.15) is 33.5 Å². The number of aromatic amines is 1. The summed E-state index contributed by atoms with van der Waals surface area (Å²) in [6.07, 6.45) is 0. The maximum atomic E-state index is 12.7. The summed E-state index contributed by atoms with van der Waals surface area (Å²) in [5.74, 6) is 1.83. The molecule has 4 heterocycles. The van der Waals surface area contributed by atoms with Crippen LogP contribution in [0.4, 0.5) is 0 Å². The van der Waals surface area contributed by atoms with Gasteiger partial charge < -0.3 is 19.2 Å². The Balaban J connectivity index is 1.22. The van der Waals surface area contributed by atoms with Crippen LogP contribution in [0.15, 0.2) is 23.0 Å². The molecule has 0 saturated carbocycles. The number of hydrogen-bond acceptors (Lipinski definition) is 9. The van der Waals surface area contributed by atoms with Gasteiger partial charge in [-0.05, 0) is 37.1 Å². The van der Waals surface area contributed by atoms with E-state index in [1.54, 1.807) is 13.8 Å². The molecule has 1 aromatic carbocycles. The number of aromatic nitrogens is 2. The molecule has 0 aliphatic carbocycles. The number of nitrogens with zero attached hydrogens (tertiary/aromatic N) is 3. The van der Waals surface area contributed by atoms with Crippen molar-refractivity contribution in [1.82, 2.24) is 19.8 Å². The molecule has 33 heavy (non-hydrogen) atoms. The molecule has 1 N–H and O–H groups in total. The number of hydrogen-bond donors (Lipinski definition) is 1. The summed E-state index contributed by atoms with van der Waals surface area (Å²) in [7, 11) is 0. The van der Waals surface area contributed by atoms with E-state index >= 15 is 0 Å².